The number of rotatable bonds is 5. The zero-order valence-electron chi connectivity index (χ0n) is 11.0. The van der Waals surface area contributed by atoms with Gasteiger partial charge in [-0.1, -0.05) is 36.9 Å². The number of nitrogens with zero attached hydrogens (tertiary/aromatic N) is 2. The number of ketones is 1. The zero-order chi connectivity index (χ0) is 13.9. The molecule has 0 amide bonds. The number of H-pyrrole nitrogens is 2. The van der Waals surface area contributed by atoms with Crippen LogP contribution in [0, 0.1) is 0 Å². The van der Waals surface area contributed by atoms with Gasteiger partial charge >= 0.3 is 0 Å². The van der Waals surface area contributed by atoms with Crippen molar-refractivity contribution in [2.24, 2.45) is 0 Å². The Morgan fingerprint density at radius 3 is 3.05 bits per heavy atom. The molecule has 0 saturated heterocycles. The molecule has 6 heteroatoms. The highest BCUT2D eigenvalue weighted by Crippen LogP contribution is 2.24. The van der Waals surface area contributed by atoms with E-state index in [4.69, 9.17) is 0 Å². The molecule has 20 heavy (non-hydrogen) atoms. The second-order valence-electron chi connectivity index (χ2n) is 4.40. The summed E-state index contributed by atoms with van der Waals surface area (Å²) in [5.41, 5.74) is 3.02. The predicted octanol–water partition coefficient (Wildman–Crippen LogP) is 2.82. The Kier molecular flexibility index (Phi) is 3.56. The van der Waals surface area contributed by atoms with Crippen molar-refractivity contribution < 1.29 is 4.79 Å². The van der Waals surface area contributed by atoms with Crippen LogP contribution in [-0.2, 0) is 6.42 Å². The molecule has 3 rings (SSSR count). The van der Waals surface area contributed by atoms with Gasteiger partial charge in [0, 0.05) is 22.7 Å². The lowest BCUT2D eigenvalue weighted by atomic mass is 10.1. The van der Waals surface area contributed by atoms with Crippen LogP contribution >= 0.6 is 11.8 Å². The van der Waals surface area contributed by atoms with Crippen LogP contribution in [-0.4, -0.2) is 31.7 Å². The van der Waals surface area contributed by atoms with Crippen molar-refractivity contribution >= 4 is 28.4 Å². The van der Waals surface area contributed by atoms with Crippen molar-refractivity contribution in [2.45, 2.75) is 18.5 Å². The summed E-state index contributed by atoms with van der Waals surface area (Å²) in [6.45, 7) is 2.11. The number of aryl methyl sites for hydroxylation is 1. The summed E-state index contributed by atoms with van der Waals surface area (Å²) < 4.78 is 0. The molecule has 0 atom stereocenters. The Hall–Kier alpha value is -2.08. The van der Waals surface area contributed by atoms with Crippen LogP contribution in [0.25, 0.3) is 10.9 Å². The average Bonchev–Trinajstić information content (AvgIpc) is 3.13. The van der Waals surface area contributed by atoms with Gasteiger partial charge in [0.1, 0.15) is 6.33 Å². The van der Waals surface area contributed by atoms with E-state index in [1.807, 2.05) is 12.1 Å². The van der Waals surface area contributed by atoms with Crippen molar-refractivity contribution in [3.8, 4) is 0 Å². The van der Waals surface area contributed by atoms with Crippen molar-refractivity contribution in [1.29, 1.82) is 0 Å². The highest BCUT2D eigenvalue weighted by atomic mass is 32.2. The van der Waals surface area contributed by atoms with Gasteiger partial charge in [0.05, 0.1) is 5.75 Å². The van der Waals surface area contributed by atoms with Crippen molar-refractivity contribution in [1.82, 2.24) is 20.2 Å². The summed E-state index contributed by atoms with van der Waals surface area (Å²) in [4.78, 5) is 19.5. The lowest BCUT2D eigenvalue weighted by Gasteiger charge is -2.00. The first-order chi connectivity index (χ1) is 9.79. The predicted molar refractivity (Wildman–Crippen MR) is 79.1 cm³/mol. The monoisotopic (exact) mass is 286 g/mol. The number of hydrogen-bond acceptors (Lipinski definition) is 4. The van der Waals surface area contributed by atoms with Gasteiger partial charge in [-0.2, -0.15) is 5.10 Å². The smallest absolute Gasteiger partial charge is 0.183 e. The number of fused-ring (bicyclic) bond motifs is 1. The summed E-state index contributed by atoms with van der Waals surface area (Å²) in [5, 5.41) is 8.15. The van der Waals surface area contributed by atoms with Gasteiger partial charge in [-0.25, -0.2) is 4.98 Å². The summed E-state index contributed by atoms with van der Waals surface area (Å²) in [7, 11) is 0. The first kappa shape index (κ1) is 12.9. The van der Waals surface area contributed by atoms with E-state index in [2.05, 4.69) is 33.2 Å². The number of aromatic nitrogens is 4. The van der Waals surface area contributed by atoms with E-state index in [9.17, 15) is 4.79 Å². The van der Waals surface area contributed by atoms with Crippen LogP contribution in [0.15, 0.2) is 35.9 Å². The van der Waals surface area contributed by atoms with Gasteiger partial charge in [0.25, 0.3) is 0 Å². The van der Waals surface area contributed by atoms with Crippen molar-refractivity contribution in [3.63, 3.8) is 0 Å². The van der Waals surface area contributed by atoms with Crippen LogP contribution in [0.4, 0.5) is 0 Å². The van der Waals surface area contributed by atoms with Gasteiger partial charge in [-0.15, -0.1) is 0 Å². The standard InChI is InChI=1S/C14H14N4OS/c1-2-9-4-3-5-10-11(6-15-13(9)10)12(19)7-20-14-16-8-17-18-14/h3-6,8,15H,2,7H2,1H3,(H,16,17,18). The molecule has 0 unspecified atom stereocenters. The molecule has 0 fully saturated rings. The number of carbonyl (C=O) groups excluding carboxylic acids is 1. The van der Waals surface area contributed by atoms with E-state index >= 15 is 0 Å². The minimum absolute atomic E-state index is 0.0888. The lowest BCUT2D eigenvalue weighted by Crippen LogP contribution is -2.01. The van der Waals surface area contributed by atoms with E-state index in [0.29, 0.717) is 10.9 Å². The molecule has 2 heterocycles. The molecule has 3 aromatic rings. The van der Waals surface area contributed by atoms with E-state index in [1.165, 1.54) is 23.7 Å². The SMILES string of the molecule is CCc1cccc2c(C(=O)CSc3ncn[nH]3)c[nH]c12. The molecule has 0 aliphatic rings. The Labute approximate surface area is 120 Å². The maximum atomic E-state index is 12.3. The van der Waals surface area contributed by atoms with Crippen LogP contribution in [0.5, 0.6) is 0 Å². The number of carbonyl (C=O) groups is 1. The number of thioether (sulfide) groups is 1. The second-order valence-corrected chi connectivity index (χ2v) is 5.36. The fourth-order valence-corrected chi connectivity index (χ4v) is 2.88. The quantitative estimate of drug-likeness (QED) is 0.558. The minimum atomic E-state index is 0.0888. The molecule has 0 saturated carbocycles. The molecule has 2 N–H and O–H groups in total. The molecule has 0 radical (unpaired) electrons. The first-order valence-electron chi connectivity index (χ1n) is 6.40. The molecule has 102 valence electrons. The lowest BCUT2D eigenvalue weighted by molar-refractivity contribution is 0.102. The molecular formula is C14H14N4OS. The number of aromatic amines is 2. The van der Waals surface area contributed by atoms with Crippen molar-refractivity contribution in [3.05, 3.63) is 41.9 Å². The van der Waals surface area contributed by atoms with Gasteiger partial charge in [-0.3, -0.25) is 9.89 Å². The number of nitrogens with one attached hydrogen (secondary N) is 2. The number of hydrogen-bond donors (Lipinski definition) is 2. The maximum Gasteiger partial charge on any atom is 0.183 e. The Bertz CT molecular complexity index is 733. The second kappa shape index (κ2) is 5.50. The van der Waals surface area contributed by atoms with Crippen LogP contribution < -0.4 is 0 Å². The molecule has 0 bridgehead atoms. The third-order valence-electron chi connectivity index (χ3n) is 3.22. The first-order valence-corrected chi connectivity index (χ1v) is 7.38. The van der Waals surface area contributed by atoms with Gasteiger partial charge in [0.15, 0.2) is 10.9 Å². The van der Waals surface area contributed by atoms with Gasteiger partial charge in [-0.05, 0) is 12.0 Å². The third kappa shape index (κ3) is 2.34. The summed E-state index contributed by atoms with van der Waals surface area (Å²) in [6.07, 6.45) is 4.18. The molecule has 0 aliphatic carbocycles. The molecule has 0 aliphatic heterocycles. The minimum Gasteiger partial charge on any atom is -0.360 e. The molecule has 1 aromatic carbocycles. The van der Waals surface area contributed by atoms with E-state index in [0.717, 1.165) is 22.9 Å². The maximum absolute atomic E-state index is 12.3. The van der Waals surface area contributed by atoms with Crippen LogP contribution in [0.1, 0.15) is 22.8 Å². The van der Waals surface area contributed by atoms with Gasteiger partial charge < -0.3 is 4.98 Å². The van der Waals surface area contributed by atoms with Crippen molar-refractivity contribution in [2.75, 3.05) is 5.75 Å². The largest absolute Gasteiger partial charge is 0.360 e. The summed E-state index contributed by atoms with van der Waals surface area (Å²) >= 11 is 1.36. The number of benzene rings is 1. The molecular weight excluding hydrogens is 272 g/mol. The Morgan fingerprint density at radius 1 is 1.40 bits per heavy atom. The zero-order valence-corrected chi connectivity index (χ0v) is 11.8. The molecule has 5 nitrogen and oxygen atoms in total. The normalized spacial score (nSPS) is 11.1. The fourth-order valence-electron chi connectivity index (χ4n) is 2.22. The topological polar surface area (TPSA) is 74.4 Å². The average molecular weight is 286 g/mol. The molecule has 0 spiro atoms. The number of para-hydroxylation sites is 1. The van der Waals surface area contributed by atoms with Gasteiger partial charge in [0.2, 0.25) is 0 Å². The highest BCUT2D eigenvalue weighted by molar-refractivity contribution is 7.99. The van der Waals surface area contributed by atoms with Crippen LogP contribution in [0.2, 0.25) is 0 Å². The number of Topliss-reactive ketones (excluding diaryl/α,β-unsaturated/α-hetero) is 1. The third-order valence-corrected chi connectivity index (χ3v) is 4.09. The molecule has 2 aromatic heterocycles. The van der Waals surface area contributed by atoms with E-state index < -0.39 is 0 Å². The summed E-state index contributed by atoms with van der Waals surface area (Å²) in [6, 6.07) is 6.06. The Morgan fingerprint density at radius 2 is 2.30 bits per heavy atom. The van der Waals surface area contributed by atoms with E-state index in [1.54, 1.807) is 6.20 Å². The fraction of sp³-hybridized carbons (Fsp3) is 0.214. The highest BCUT2D eigenvalue weighted by Gasteiger charge is 2.14. The Balaban J connectivity index is 1.84. The van der Waals surface area contributed by atoms with Crippen LogP contribution in [0.3, 0.4) is 0 Å². The van der Waals surface area contributed by atoms with E-state index in [-0.39, 0.29) is 5.78 Å². The summed E-state index contributed by atoms with van der Waals surface area (Å²) in [5.74, 6) is 0.435.